The summed E-state index contributed by atoms with van der Waals surface area (Å²) in [5, 5.41) is 9.69. The molecule has 0 radical (unpaired) electrons. The van der Waals surface area contributed by atoms with Crippen LogP contribution >= 0.6 is 12.2 Å². The molecule has 0 unspecified atom stereocenters. The molecule has 0 aliphatic carbocycles. The number of aromatic nitrogens is 2. The highest BCUT2D eigenvalue weighted by Crippen LogP contribution is 2.11. The summed E-state index contributed by atoms with van der Waals surface area (Å²) in [6, 6.07) is 1.74. The van der Waals surface area contributed by atoms with Crippen LogP contribution in [-0.2, 0) is 0 Å². The van der Waals surface area contributed by atoms with Gasteiger partial charge in [-0.05, 0) is 25.2 Å². The van der Waals surface area contributed by atoms with Crippen LogP contribution in [0.3, 0.4) is 0 Å². The van der Waals surface area contributed by atoms with Crippen molar-refractivity contribution in [2.75, 3.05) is 0 Å². The molecule has 50 valence electrons. The quantitative estimate of drug-likeness (QED) is 0.451. The fourth-order valence-electron chi connectivity index (χ4n) is 0.563. The van der Waals surface area contributed by atoms with E-state index in [1.54, 1.807) is 12.3 Å². The predicted octanol–water partition coefficient (Wildman–Crippen LogP) is 1.52. The largest absolute Gasteiger partial charge is 0.193 e. The Kier molecular flexibility index (Phi) is 2.20. The molecule has 3 nitrogen and oxygen atoms in total. The molecular formula is C6H5N3S. The first-order valence-electron chi connectivity index (χ1n) is 2.71. The minimum absolute atomic E-state index is 0.727. The molecule has 0 amide bonds. The maximum atomic E-state index is 4.43. The van der Waals surface area contributed by atoms with E-state index >= 15 is 0 Å². The van der Waals surface area contributed by atoms with Gasteiger partial charge >= 0.3 is 0 Å². The highest BCUT2D eigenvalue weighted by molar-refractivity contribution is 7.78. The zero-order chi connectivity index (χ0) is 7.40. The van der Waals surface area contributed by atoms with Crippen molar-refractivity contribution >= 4 is 23.1 Å². The van der Waals surface area contributed by atoms with Gasteiger partial charge < -0.3 is 0 Å². The van der Waals surface area contributed by atoms with Gasteiger partial charge in [-0.1, -0.05) is 0 Å². The molecule has 0 aromatic carbocycles. The van der Waals surface area contributed by atoms with Gasteiger partial charge in [-0.25, -0.2) is 0 Å². The molecule has 0 atom stereocenters. The Bertz CT molecular complexity index is 278. The zero-order valence-corrected chi connectivity index (χ0v) is 6.22. The smallest absolute Gasteiger partial charge is 0.0986 e. The van der Waals surface area contributed by atoms with Gasteiger partial charge in [0.25, 0.3) is 0 Å². The van der Waals surface area contributed by atoms with Crippen molar-refractivity contribution in [1.29, 1.82) is 0 Å². The van der Waals surface area contributed by atoms with E-state index < -0.39 is 0 Å². The minimum Gasteiger partial charge on any atom is -0.193 e. The summed E-state index contributed by atoms with van der Waals surface area (Å²) in [5.74, 6) is 0. The van der Waals surface area contributed by atoms with E-state index in [0.717, 1.165) is 11.4 Å². The fraction of sp³-hybridized carbons (Fsp3) is 0.167. The minimum atomic E-state index is 0.727. The highest BCUT2D eigenvalue weighted by Gasteiger charge is 1.92. The summed E-state index contributed by atoms with van der Waals surface area (Å²) >= 11 is 4.43. The monoisotopic (exact) mass is 151 g/mol. The Morgan fingerprint density at radius 1 is 1.70 bits per heavy atom. The van der Waals surface area contributed by atoms with Crippen LogP contribution in [0, 0.1) is 6.92 Å². The highest BCUT2D eigenvalue weighted by atomic mass is 32.1. The van der Waals surface area contributed by atoms with Gasteiger partial charge in [-0.3, -0.25) is 0 Å². The summed E-state index contributed by atoms with van der Waals surface area (Å²) < 4.78 is 0. The van der Waals surface area contributed by atoms with E-state index in [9.17, 15) is 0 Å². The average molecular weight is 151 g/mol. The van der Waals surface area contributed by atoms with Gasteiger partial charge in [0.1, 0.15) is 0 Å². The number of hydrogen-bond acceptors (Lipinski definition) is 4. The van der Waals surface area contributed by atoms with Gasteiger partial charge in [0.15, 0.2) is 0 Å². The van der Waals surface area contributed by atoms with Gasteiger partial charge in [-0.15, -0.1) is 0 Å². The number of isothiocyanates is 1. The van der Waals surface area contributed by atoms with Gasteiger partial charge in [-0.2, -0.15) is 15.2 Å². The molecule has 0 bridgehead atoms. The number of nitrogens with zero attached hydrogens (tertiary/aromatic N) is 3. The van der Waals surface area contributed by atoms with Crippen molar-refractivity contribution in [2.45, 2.75) is 6.92 Å². The molecule has 1 aromatic heterocycles. The first-order valence-corrected chi connectivity index (χ1v) is 3.11. The van der Waals surface area contributed by atoms with Gasteiger partial charge in [0.2, 0.25) is 0 Å². The average Bonchev–Trinajstić information content (AvgIpc) is 1.94. The maximum absolute atomic E-state index is 4.43. The van der Waals surface area contributed by atoms with Crippen molar-refractivity contribution in [3.8, 4) is 0 Å². The van der Waals surface area contributed by atoms with E-state index in [1.807, 2.05) is 6.92 Å². The Hall–Kier alpha value is -1.12. The molecule has 0 aliphatic rings. The third kappa shape index (κ3) is 1.43. The third-order valence-electron chi connectivity index (χ3n) is 1.04. The lowest BCUT2D eigenvalue weighted by molar-refractivity contribution is 0.979. The Morgan fingerprint density at radius 2 is 2.50 bits per heavy atom. The first-order chi connectivity index (χ1) is 4.84. The van der Waals surface area contributed by atoms with Gasteiger partial charge in [0.05, 0.1) is 22.7 Å². The summed E-state index contributed by atoms with van der Waals surface area (Å²) in [7, 11) is 0. The molecule has 0 aliphatic heterocycles. The van der Waals surface area contributed by atoms with Crippen molar-refractivity contribution in [3.05, 3.63) is 18.0 Å². The second-order valence-corrected chi connectivity index (χ2v) is 1.89. The molecule has 10 heavy (non-hydrogen) atoms. The number of hydrogen-bond donors (Lipinski definition) is 0. The van der Waals surface area contributed by atoms with E-state index in [2.05, 4.69) is 32.6 Å². The standard InChI is InChI=1S/C6H5N3S/c1-5-6(7-4-10)2-3-8-9-5/h2-3H,1H3. The van der Waals surface area contributed by atoms with Crippen LogP contribution in [0.25, 0.3) is 0 Å². The molecule has 1 aromatic rings. The number of aliphatic imine (C=N–C) groups is 1. The molecule has 0 N–H and O–H groups in total. The van der Waals surface area contributed by atoms with E-state index in [-0.39, 0.29) is 0 Å². The molecule has 0 saturated heterocycles. The van der Waals surface area contributed by atoms with Crippen molar-refractivity contribution in [1.82, 2.24) is 10.2 Å². The van der Waals surface area contributed by atoms with Crippen LogP contribution in [0.2, 0.25) is 0 Å². The van der Waals surface area contributed by atoms with Crippen LogP contribution in [0.15, 0.2) is 17.3 Å². The molecule has 0 saturated carbocycles. The van der Waals surface area contributed by atoms with Crippen molar-refractivity contribution in [2.24, 2.45) is 4.99 Å². The first kappa shape index (κ1) is 6.99. The Balaban J connectivity index is 3.14. The van der Waals surface area contributed by atoms with Crippen LogP contribution in [0.5, 0.6) is 0 Å². The molecule has 0 spiro atoms. The molecule has 1 heterocycles. The third-order valence-corrected chi connectivity index (χ3v) is 1.13. The van der Waals surface area contributed by atoms with Crippen LogP contribution in [0.1, 0.15) is 5.69 Å². The van der Waals surface area contributed by atoms with Crippen LogP contribution in [0.4, 0.5) is 5.69 Å². The summed E-state index contributed by atoms with van der Waals surface area (Å²) in [5.41, 5.74) is 1.49. The second kappa shape index (κ2) is 3.15. The molecular weight excluding hydrogens is 146 g/mol. The van der Waals surface area contributed by atoms with Crippen LogP contribution < -0.4 is 0 Å². The van der Waals surface area contributed by atoms with E-state index in [0.29, 0.717) is 0 Å². The van der Waals surface area contributed by atoms with E-state index in [4.69, 9.17) is 0 Å². The topological polar surface area (TPSA) is 38.1 Å². The zero-order valence-electron chi connectivity index (χ0n) is 5.40. The predicted molar refractivity (Wildman–Crippen MR) is 41.5 cm³/mol. The summed E-state index contributed by atoms with van der Waals surface area (Å²) in [6.45, 7) is 1.82. The Labute approximate surface area is 63.8 Å². The van der Waals surface area contributed by atoms with Crippen molar-refractivity contribution < 1.29 is 0 Å². The van der Waals surface area contributed by atoms with E-state index in [1.165, 1.54) is 0 Å². The molecule has 0 fully saturated rings. The second-order valence-electron chi connectivity index (χ2n) is 1.70. The lowest BCUT2D eigenvalue weighted by Crippen LogP contribution is -1.83. The maximum Gasteiger partial charge on any atom is 0.0986 e. The normalized spacial score (nSPS) is 8.50. The SMILES string of the molecule is Cc1nnccc1N=C=S. The molecule has 4 heteroatoms. The number of rotatable bonds is 1. The Morgan fingerprint density at radius 3 is 3.10 bits per heavy atom. The fourth-order valence-corrected chi connectivity index (χ4v) is 0.661. The lowest BCUT2D eigenvalue weighted by Gasteiger charge is -1.91. The summed E-state index contributed by atoms with van der Waals surface area (Å²) in [4.78, 5) is 3.77. The lowest BCUT2D eigenvalue weighted by atomic mass is 10.4. The number of thiocarbonyl (C=S) groups is 1. The van der Waals surface area contributed by atoms with Crippen LogP contribution in [-0.4, -0.2) is 15.4 Å². The van der Waals surface area contributed by atoms with Crippen molar-refractivity contribution in [3.63, 3.8) is 0 Å². The molecule has 1 rings (SSSR count). The number of aryl methyl sites for hydroxylation is 1. The van der Waals surface area contributed by atoms with Gasteiger partial charge in [0, 0.05) is 0 Å². The summed E-state index contributed by atoms with van der Waals surface area (Å²) in [6.07, 6.45) is 1.57.